The van der Waals surface area contributed by atoms with E-state index in [0.717, 1.165) is 11.3 Å². The van der Waals surface area contributed by atoms with Gasteiger partial charge < -0.3 is 14.0 Å². The maximum Gasteiger partial charge on any atom is 0.185 e. The highest BCUT2D eigenvalue weighted by Crippen LogP contribution is 2.25. The first-order valence-corrected chi connectivity index (χ1v) is 7.89. The van der Waals surface area contributed by atoms with Gasteiger partial charge >= 0.3 is 0 Å². The number of hydrogen-bond donors (Lipinski definition) is 0. The highest BCUT2D eigenvalue weighted by Gasteiger charge is 2.05. The molecule has 0 atom stereocenters. The Morgan fingerprint density at radius 3 is 2.32 bits per heavy atom. The normalized spacial score (nSPS) is 10.8. The second-order valence-corrected chi connectivity index (χ2v) is 5.44. The topological polar surface area (TPSA) is 40.5 Å². The number of methoxy groups -OCH3 is 2. The third kappa shape index (κ3) is 3.80. The highest BCUT2D eigenvalue weighted by molar-refractivity contribution is 6.07. The summed E-state index contributed by atoms with van der Waals surface area (Å²) in [6.07, 6.45) is 7.21. The van der Waals surface area contributed by atoms with Crippen LogP contribution < -0.4 is 9.47 Å². The third-order valence-corrected chi connectivity index (χ3v) is 3.91. The lowest BCUT2D eigenvalue weighted by Crippen LogP contribution is -1.96. The van der Waals surface area contributed by atoms with E-state index in [4.69, 9.17) is 9.47 Å². The van der Waals surface area contributed by atoms with Crippen LogP contribution in [0.25, 0.3) is 11.8 Å². The van der Waals surface area contributed by atoms with Crippen molar-refractivity contribution in [1.29, 1.82) is 0 Å². The molecule has 0 aliphatic heterocycles. The molecule has 0 bridgehead atoms. The van der Waals surface area contributed by atoms with Crippen molar-refractivity contribution >= 4 is 11.9 Å². The van der Waals surface area contributed by atoms with Crippen molar-refractivity contribution in [3.8, 4) is 17.2 Å². The molecule has 0 amide bonds. The molecule has 2 aromatic carbocycles. The molecule has 0 spiro atoms. The third-order valence-electron chi connectivity index (χ3n) is 3.91. The van der Waals surface area contributed by atoms with Gasteiger partial charge in [-0.3, -0.25) is 4.79 Å². The Bertz CT molecular complexity index is 878. The zero-order valence-corrected chi connectivity index (χ0v) is 14.2. The zero-order chi connectivity index (χ0) is 17.6. The summed E-state index contributed by atoms with van der Waals surface area (Å²) in [5.41, 5.74) is 2.44. The van der Waals surface area contributed by atoms with Gasteiger partial charge in [-0.1, -0.05) is 0 Å². The Balaban J connectivity index is 1.79. The molecule has 25 heavy (non-hydrogen) atoms. The second-order valence-electron chi connectivity index (χ2n) is 5.44. The van der Waals surface area contributed by atoms with E-state index in [2.05, 4.69) is 0 Å². The van der Waals surface area contributed by atoms with Gasteiger partial charge in [0.1, 0.15) is 11.5 Å². The van der Waals surface area contributed by atoms with Crippen LogP contribution in [-0.4, -0.2) is 24.6 Å². The van der Waals surface area contributed by atoms with Crippen LogP contribution in [-0.2, 0) is 0 Å². The molecule has 4 heteroatoms. The molecule has 0 N–H and O–H groups in total. The molecule has 1 aromatic heterocycles. The molecule has 0 radical (unpaired) electrons. The zero-order valence-electron chi connectivity index (χ0n) is 14.2. The molecular formula is C21H19NO3. The quantitative estimate of drug-likeness (QED) is 0.496. The van der Waals surface area contributed by atoms with Crippen LogP contribution in [0.1, 0.15) is 15.9 Å². The largest absolute Gasteiger partial charge is 0.497 e. The predicted octanol–water partition coefficient (Wildman–Crippen LogP) is 4.39. The molecule has 0 saturated carbocycles. The number of rotatable bonds is 6. The fourth-order valence-electron chi connectivity index (χ4n) is 2.54. The Kier molecular flexibility index (Phi) is 5.00. The van der Waals surface area contributed by atoms with Crippen molar-refractivity contribution < 1.29 is 14.3 Å². The van der Waals surface area contributed by atoms with Crippen LogP contribution in [0.2, 0.25) is 0 Å². The van der Waals surface area contributed by atoms with Crippen molar-refractivity contribution in [3.63, 3.8) is 0 Å². The summed E-state index contributed by atoms with van der Waals surface area (Å²) in [5.74, 6) is 1.33. The number of carbonyl (C=O) groups is 1. The number of nitrogens with zero attached hydrogens (tertiary/aromatic N) is 1. The van der Waals surface area contributed by atoms with Gasteiger partial charge in [0.25, 0.3) is 0 Å². The number of carbonyl (C=O) groups excluding carboxylic acids is 1. The van der Waals surface area contributed by atoms with Gasteiger partial charge in [0, 0.05) is 29.2 Å². The summed E-state index contributed by atoms with van der Waals surface area (Å²) in [4.78, 5) is 12.4. The van der Waals surface area contributed by atoms with E-state index in [-0.39, 0.29) is 5.78 Å². The average molecular weight is 333 g/mol. The summed E-state index contributed by atoms with van der Waals surface area (Å²) >= 11 is 0. The lowest BCUT2D eigenvalue weighted by atomic mass is 10.1. The first-order chi connectivity index (χ1) is 12.2. The van der Waals surface area contributed by atoms with Crippen LogP contribution in [0.5, 0.6) is 11.5 Å². The van der Waals surface area contributed by atoms with E-state index in [1.165, 1.54) is 0 Å². The molecule has 0 unspecified atom stereocenters. The summed E-state index contributed by atoms with van der Waals surface area (Å²) in [6, 6.07) is 16.9. The standard InChI is InChI=1S/C21H19NO3/c1-24-19-10-12-21(25-2)17(15-19)7-11-20(23)16-5-8-18(9-6-16)22-13-3-4-14-22/h3-15H,1-2H3/b11-7+. The first kappa shape index (κ1) is 16.6. The van der Waals surface area contributed by atoms with Gasteiger partial charge in [-0.2, -0.15) is 0 Å². The summed E-state index contributed by atoms with van der Waals surface area (Å²) < 4.78 is 12.5. The summed E-state index contributed by atoms with van der Waals surface area (Å²) in [6.45, 7) is 0. The minimum Gasteiger partial charge on any atom is -0.497 e. The van der Waals surface area contributed by atoms with E-state index >= 15 is 0 Å². The van der Waals surface area contributed by atoms with Crippen LogP contribution in [0.4, 0.5) is 0 Å². The lowest BCUT2D eigenvalue weighted by molar-refractivity contribution is 0.104. The van der Waals surface area contributed by atoms with E-state index in [1.54, 1.807) is 26.4 Å². The molecule has 126 valence electrons. The predicted molar refractivity (Wildman–Crippen MR) is 98.7 cm³/mol. The van der Waals surface area contributed by atoms with Crippen molar-refractivity contribution in [2.75, 3.05) is 14.2 Å². The van der Waals surface area contributed by atoms with E-state index in [9.17, 15) is 4.79 Å². The van der Waals surface area contributed by atoms with Gasteiger partial charge in [0.2, 0.25) is 0 Å². The van der Waals surface area contributed by atoms with Gasteiger partial charge in [-0.05, 0) is 66.7 Å². The van der Waals surface area contributed by atoms with E-state index in [0.29, 0.717) is 17.1 Å². The Labute approximate surface area is 146 Å². The number of benzene rings is 2. The minimum absolute atomic E-state index is 0.0658. The van der Waals surface area contributed by atoms with Crippen LogP contribution in [0.3, 0.4) is 0 Å². The Hall–Kier alpha value is -3.27. The Morgan fingerprint density at radius 1 is 0.960 bits per heavy atom. The Morgan fingerprint density at radius 2 is 1.68 bits per heavy atom. The van der Waals surface area contributed by atoms with Crippen molar-refractivity contribution in [3.05, 3.63) is 84.2 Å². The first-order valence-electron chi connectivity index (χ1n) is 7.89. The van der Waals surface area contributed by atoms with Gasteiger partial charge in [-0.15, -0.1) is 0 Å². The summed E-state index contributed by atoms with van der Waals surface area (Å²) in [5, 5.41) is 0. The van der Waals surface area contributed by atoms with Gasteiger partial charge in [0.15, 0.2) is 5.78 Å². The smallest absolute Gasteiger partial charge is 0.185 e. The van der Waals surface area contributed by atoms with Crippen LogP contribution >= 0.6 is 0 Å². The number of allylic oxidation sites excluding steroid dienone is 1. The number of ketones is 1. The van der Waals surface area contributed by atoms with E-state index in [1.807, 2.05) is 71.6 Å². The molecular weight excluding hydrogens is 314 g/mol. The summed E-state index contributed by atoms with van der Waals surface area (Å²) in [7, 11) is 3.20. The van der Waals surface area contributed by atoms with Crippen molar-refractivity contribution in [1.82, 2.24) is 4.57 Å². The van der Waals surface area contributed by atoms with Crippen LogP contribution in [0, 0.1) is 0 Å². The van der Waals surface area contributed by atoms with Gasteiger partial charge in [-0.25, -0.2) is 0 Å². The minimum atomic E-state index is -0.0658. The second kappa shape index (κ2) is 7.53. The highest BCUT2D eigenvalue weighted by atomic mass is 16.5. The van der Waals surface area contributed by atoms with Crippen LogP contribution in [0.15, 0.2) is 73.1 Å². The molecule has 0 aliphatic carbocycles. The fourth-order valence-corrected chi connectivity index (χ4v) is 2.54. The lowest BCUT2D eigenvalue weighted by Gasteiger charge is -2.07. The molecule has 1 heterocycles. The fraction of sp³-hybridized carbons (Fsp3) is 0.0952. The molecule has 3 aromatic rings. The molecule has 4 nitrogen and oxygen atoms in total. The maximum atomic E-state index is 12.4. The SMILES string of the molecule is COc1ccc(OC)c(/C=C/C(=O)c2ccc(-n3cccc3)cc2)c1. The molecule has 3 rings (SSSR count). The number of hydrogen-bond acceptors (Lipinski definition) is 3. The van der Waals surface area contributed by atoms with Crippen molar-refractivity contribution in [2.45, 2.75) is 0 Å². The average Bonchev–Trinajstić information content (AvgIpc) is 3.20. The molecule has 0 saturated heterocycles. The maximum absolute atomic E-state index is 12.4. The van der Waals surface area contributed by atoms with E-state index < -0.39 is 0 Å². The number of aromatic nitrogens is 1. The molecule has 0 aliphatic rings. The molecule has 0 fully saturated rings. The number of ether oxygens (including phenoxy) is 2. The van der Waals surface area contributed by atoms with Gasteiger partial charge in [0.05, 0.1) is 14.2 Å². The monoisotopic (exact) mass is 333 g/mol. The van der Waals surface area contributed by atoms with Crippen molar-refractivity contribution in [2.24, 2.45) is 0 Å².